The molecule has 21 heavy (non-hydrogen) atoms. The Kier molecular flexibility index (Phi) is 6.84. The normalized spacial score (nSPS) is 18.3. The number of piperazine rings is 1. The summed E-state index contributed by atoms with van der Waals surface area (Å²) in [6.07, 6.45) is 0.277. The summed E-state index contributed by atoms with van der Waals surface area (Å²) in [4.78, 5) is 14.0. The molecule has 1 aromatic carbocycles. The first-order valence-corrected chi connectivity index (χ1v) is 6.60. The van der Waals surface area contributed by atoms with E-state index in [0.717, 1.165) is 18.7 Å². The van der Waals surface area contributed by atoms with E-state index in [4.69, 9.17) is 0 Å². The highest BCUT2D eigenvalue weighted by atomic mass is 35.5. The van der Waals surface area contributed by atoms with Gasteiger partial charge in [0.15, 0.2) is 0 Å². The average molecular weight is 321 g/mol. The summed E-state index contributed by atoms with van der Waals surface area (Å²) in [6.45, 7) is 1.48. The number of nitrogens with one attached hydrogen (secondary N) is 1. The van der Waals surface area contributed by atoms with E-state index in [0.29, 0.717) is 6.54 Å². The molecule has 0 unspecified atom stereocenters. The standard InChI is InChI=1S/C14H18F2N2O2.ClH/c1-10-9-17-6-7-18(10)13(19)8-11-2-4-12(5-3-11)20-14(15)16;/h2-5,10,14,17H,6-9H2,1H3;1H/t10-;/m1./s1. The molecule has 0 radical (unpaired) electrons. The quantitative estimate of drug-likeness (QED) is 0.923. The Labute approximate surface area is 128 Å². The van der Waals surface area contributed by atoms with Crippen molar-refractivity contribution in [1.29, 1.82) is 0 Å². The molecule has 2 rings (SSSR count). The topological polar surface area (TPSA) is 41.6 Å². The fourth-order valence-electron chi connectivity index (χ4n) is 2.28. The molecule has 1 amide bonds. The van der Waals surface area contributed by atoms with Crippen LogP contribution in [0.15, 0.2) is 24.3 Å². The Balaban J connectivity index is 0.00000220. The maximum Gasteiger partial charge on any atom is 0.387 e. The molecule has 4 nitrogen and oxygen atoms in total. The molecule has 0 saturated carbocycles. The summed E-state index contributed by atoms with van der Waals surface area (Å²) in [5, 5.41) is 3.23. The third-order valence-electron chi connectivity index (χ3n) is 3.33. The monoisotopic (exact) mass is 320 g/mol. The third-order valence-corrected chi connectivity index (χ3v) is 3.33. The molecule has 118 valence electrons. The smallest absolute Gasteiger partial charge is 0.387 e. The van der Waals surface area contributed by atoms with Crippen molar-refractivity contribution in [2.24, 2.45) is 0 Å². The minimum atomic E-state index is -2.83. The maximum absolute atomic E-state index is 12.2. The van der Waals surface area contributed by atoms with Gasteiger partial charge in [0, 0.05) is 25.7 Å². The van der Waals surface area contributed by atoms with E-state index in [1.54, 1.807) is 12.1 Å². The zero-order valence-electron chi connectivity index (χ0n) is 11.7. The molecule has 1 saturated heterocycles. The number of nitrogens with zero attached hydrogens (tertiary/aromatic N) is 1. The largest absolute Gasteiger partial charge is 0.435 e. The number of ether oxygens (including phenoxy) is 1. The van der Waals surface area contributed by atoms with Crippen LogP contribution >= 0.6 is 12.4 Å². The van der Waals surface area contributed by atoms with E-state index in [1.807, 2.05) is 11.8 Å². The molecular weight excluding hydrogens is 302 g/mol. The van der Waals surface area contributed by atoms with Crippen LogP contribution in [0, 0.1) is 0 Å². The van der Waals surface area contributed by atoms with Crippen LogP contribution in [0.3, 0.4) is 0 Å². The molecule has 0 spiro atoms. The van der Waals surface area contributed by atoms with Crippen molar-refractivity contribution in [1.82, 2.24) is 10.2 Å². The van der Waals surface area contributed by atoms with Crippen LogP contribution in [0.4, 0.5) is 8.78 Å². The highest BCUT2D eigenvalue weighted by Gasteiger charge is 2.22. The van der Waals surface area contributed by atoms with E-state index < -0.39 is 6.61 Å². The molecule has 1 aromatic rings. The van der Waals surface area contributed by atoms with Crippen molar-refractivity contribution in [2.75, 3.05) is 19.6 Å². The highest BCUT2D eigenvalue weighted by molar-refractivity contribution is 5.85. The molecule has 1 aliphatic heterocycles. The van der Waals surface area contributed by atoms with Gasteiger partial charge in [-0.15, -0.1) is 12.4 Å². The molecule has 1 fully saturated rings. The van der Waals surface area contributed by atoms with Crippen LogP contribution in [0.1, 0.15) is 12.5 Å². The number of benzene rings is 1. The number of alkyl halides is 2. The zero-order valence-corrected chi connectivity index (χ0v) is 12.5. The second kappa shape index (κ2) is 8.14. The summed E-state index contributed by atoms with van der Waals surface area (Å²) in [6, 6.07) is 6.37. The van der Waals surface area contributed by atoms with Gasteiger partial charge in [0.05, 0.1) is 6.42 Å². The van der Waals surface area contributed by atoms with E-state index in [2.05, 4.69) is 10.1 Å². The van der Waals surface area contributed by atoms with E-state index in [-0.39, 0.29) is 36.5 Å². The van der Waals surface area contributed by atoms with Crippen LogP contribution < -0.4 is 10.1 Å². The Bertz CT molecular complexity index is 457. The lowest BCUT2D eigenvalue weighted by Crippen LogP contribution is -2.52. The van der Waals surface area contributed by atoms with Gasteiger partial charge in [0.2, 0.25) is 5.91 Å². The first-order valence-electron chi connectivity index (χ1n) is 6.60. The van der Waals surface area contributed by atoms with Gasteiger partial charge in [-0.2, -0.15) is 8.78 Å². The summed E-state index contributed by atoms with van der Waals surface area (Å²) in [5.41, 5.74) is 0.794. The van der Waals surface area contributed by atoms with Gasteiger partial charge in [0.25, 0.3) is 0 Å². The summed E-state index contributed by atoms with van der Waals surface area (Å²) in [7, 11) is 0. The number of halogens is 3. The Morgan fingerprint density at radius 2 is 2.10 bits per heavy atom. The molecular formula is C14H19ClF2N2O2. The Morgan fingerprint density at radius 1 is 1.43 bits per heavy atom. The Hall–Kier alpha value is -1.40. The molecule has 0 bridgehead atoms. The molecule has 1 N–H and O–H groups in total. The van der Waals surface area contributed by atoms with Gasteiger partial charge in [-0.3, -0.25) is 4.79 Å². The lowest BCUT2D eigenvalue weighted by Gasteiger charge is -2.34. The van der Waals surface area contributed by atoms with Crippen molar-refractivity contribution < 1.29 is 18.3 Å². The summed E-state index contributed by atoms with van der Waals surface area (Å²) >= 11 is 0. The number of hydrogen-bond donors (Lipinski definition) is 1. The maximum atomic E-state index is 12.2. The number of hydrogen-bond acceptors (Lipinski definition) is 3. The third kappa shape index (κ3) is 5.13. The van der Waals surface area contributed by atoms with Crippen molar-refractivity contribution in [3.63, 3.8) is 0 Å². The van der Waals surface area contributed by atoms with Crippen molar-refractivity contribution in [3.05, 3.63) is 29.8 Å². The zero-order chi connectivity index (χ0) is 14.5. The lowest BCUT2D eigenvalue weighted by molar-refractivity contribution is -0.133. The minimum absolute atomic E-state index is 0. The molecule has 0 aromatic heterocycles. The SMILES string of the molecule is C[C@@H]1CNCCN1C(=O)Cc1ccc(OC(F)F)cc1.Cl. The van der Waals surface area contributed by atoms with Crippen molar-refractivity contribution >= 4 is 18.3 Å². The van der Waals surface area contributed by atoms with Gasteiger partial charge >= 0.3 is 6.61 Å². The lowest BCUT2D eigenvalue weighted by atomic mass is 10.1. The molecule has 0 aliphatic carbocycles. The minimum Gasteiger partial charge on any atom is -0.435 e. The summed E-state index contributed by atoms with van der Waals surface area (Å²) < 4.78 is 28.3. The van der Waals surface area contributed by atoms with Crippen LogP contribution in [-0.2, 0) is 11.2 Å². The Morgan fingerprint density at radius 3 is 2.67 bits per heavy atom. The summed E-state index contributed by atoms with van der Waals surface area (Å²) in [5.74, 6) is 0.160. The van der Waals surface area contributed by atoms with Crippen LogP contribution in [0.25, 0.3) is 0 Å². The molecule has 7 heteroatoms. The number of rotatable bonds is 4. The first-order chi connectivity index (χ1) is 9.56. The molecule has 1 heterocycles. The predicted molar refractivity (Wildman–Crippen MR) is 78.1 cm³/mol. The second-order valence-electron chi connectivity index (χ2n) is 4.84. The first kappa shape index (κ1) is 17.7. The van der Waals surface area contributed by atoms with Crippen molar-refractivity contribution in [2.45, 2.75) is 26.0 Å². The van der Waals surface area contributed by atoms with Crippen LogP contribution in [-0.4, -0.2) is 43.1 Å². The number of amides is 1. The van der Waals surface area contributed by atoms with Crippen LogP contribution in [0.2, 0.25) is 0 Å². The van der Waals surface area contributed by atoms with Crippen molar-refractivity contribution in [3.8, 4) is 5.75 Å². The van der Waals surface area contributed by atoms with Gasteiger partial charge < -0.3 is 15.0 Å². The second-order valence-corrected chi connectivity index (χ2v) is 4.84. The highest BCUT2D eigenvalue weighted by Crippen LogP contribution is 2.16. The molecule has 1 atom stereocenters. The van der Waals surface area contributed by atoms with Gasteiger partial charge in [-0.25, -0.2) is 0 Å². The van der Waals surface area contributed by atoms with E-state index >= 15 is 0 Å². The number of carbonyl (C=O) groups is 1. The van der Waals surface area contributed by atoms with Crippen LogP contribution in [0.5, 0.6) is 5.75 Å². The number of carbonyl (C=O) groups excluding carboxylic acids is 1. The fraction of sp³-hybridized carbons (Fsp3) is 0.500. The predicted octanol–water partition coefficient (Wildman–Crippen LogP) is 2.07. The van der Waals surface area contributed by atoms with Gasteiger partial charge in [-0.05, 0) is 24.6 Å². The van der Waals surface area contributed by atoms with Gasteiger partial charge in [0.1, 0.15) is 5.75 Å². The van der Waals surface area contributed by atoms with E-state index in [9.17, 15) is 13.6 Å². The average Bonchev–Trinajstić information content (AvgIpc) is 2.41. The fourth-order valence-corrected chi connectivity index (χ4v) is 2.28. The van der Waals surface area contributed by atoms with Gasteiger partial charge in [-0.1, -0.05) is 12.1 Å². The van der Waals surface area contributed by atoms with E-state index in [1.165, 1.54) is 12.1 Å². The molecule has 1 aliphatic rings.